The van der Waals surface area contributed by atoms with Crippen LogP contribution in [0.5, 0.6) is 0 Å². The maximum atomic E-state index is 12.4. The summed E-state index contributed by atoms with van der Waals surface area (Å²) >= 11 is 0. The second-order valence-electron chi connectivity index (χ2n) is 6.22. The molecule has 0 saturated heterocycles. The van der Waals surface area contributed by atoms with Gasteiger partial charge in [-0.25, -0.2) is 0 Å². The fourth-order valence-corrected chi connectivity index (χ4v) is 2.42. The second kappa shape index (κ2) is 8.33. The molecule has 0 aliphatic rings. The number of anilines is 2. The van der Waals surface area contributed by atoms with E-state index < -0.39 is 0 Å². The zero-order valence-corrected chi connectivity index (χ0v) is 15.1. The number of likely N-dealkylation sites (N-methyl/N-ethyl adjacent to an activating group) is 1. The SMILES string of the molecule is CNC(=O)Cc1ccc(N[C@@H](C)C(=O)Nc2cc(C)ccc2C)cc1. The van der Waals surface area contributed by atoms with Crippen LogP contribution < -0.4 is 16.0 Å². The van der Waals surface area contributed by atoms with E-state index in [2.05, 4.69) is 16.0 Å². The number of aryl methyl sites for hydroxylation is 2. The van der Waals surface area contributed by atoms with E-state index in [1.165, 1.54) is 0 Å². The zero-order chi connectivity index (χ0) is 18.4. The summed E-state index contributed by atoms with van der Waals surface area (Å²) in [5.41, 5.74) is 4.74. The predicted octanol–water partition coefficient (Wildman–Crippen LogP) is 3.03. The number of hydrogen-bond donors (Lipinski definition) is 3. The van der Waals surface area contributed by atoms with Gasteiger partial charge in [0.05, 0.1) is 6.42 Å². The first kappa shape index (κ1) is 18.5. The van der Waals surface area contributed by atoms with Crippen molar-refractivity contribution >= 4 is 23.2 Å². The summed E-state index contributed by atoms with van der Waals surface area (Å²) in [5.74, 6) is -0.120. The van der Waals surface area contributed by atoms with Crippen molar-refractivity contribution in [2.45, 2.75) is 33.2 Å². The lowest BCUT2D eigenvalue weighted by Crippen LogP contribution is -2.32. The largest absolute Gasteiger partial charge is 0.374 e. The molecule has 132 valence electrons. The molecule has 0 unspecified atom stereocenters. The van der Waals surface area contributed by atoms with Crippen LogP contribution in [0.1, 0.15) is 23.6 Å². The van der Waals surface area contributed by atoms with Crippen molar-refractivity contribution in [3.63, 3.8) is 0 Å². The molecule has 0 aromatic heterocycles. The van der Waals surface area contributed by atoms with Crippen molar-refractivity contribution in [3.8, 4) is 0 Å². The van der Waals surface area contributed by atoms with E-state index in [4.69, 9.17) is 0 Å². The normalized spacial score (nSPS) is 11.5. The van der Waals surface area contributed by atoms with Crippen LogP contribution in [0, 0.1) is 13.8 Å². The number of nitrogens with one attached hydrogen (secondary N) is 3. The van der Waals surface area contributed by atoms with E-state index in [9.17, 15) is 9.59 Å². The first-order valence-corrected chi connectivity index (χ1v) is 8.33. The van der Waals surface area contributed by atoms with Crippen molar-refractivity contribution < 1.29 is 9.59 Å². The van der Waals surface area contributed by atoms with Gasteiger partial charge in [0.2, 0.25) is 11.8 Å². The van der Waals surface area contributed by atoms with E-state index in [1.807, 2.05) is 63.2 Å². The Morgan fingerprint density at radius 3 is 2.36 bits per heavy atom. The average molecular weight is 339 g/mol. The molecule has 2 rings (SSSR count). The number of carbonyl (C=O) groups is 2. The fraction of sp³-hybridized carbons (Fsp3) is 0.300. The van der Waals surface area contributed by atoms with E-state index >= 15 is 0 Å². The standard InChI is InChI=1S/C20H25N3O2/c1-13-5-6-14(2)18(11-13)23-20(25)15(3)22-17-9-7-16(8-10-17)12-19(24)21-4/h5-11,15,22H,12H2,1-4H3,(H,21,24)(H,23,25)/t15-/m0/s1. The highest BCUT2D eigenvalue weighted by Crippen LogP contribution is 2.17. The molecule has 0 heterocycles. The average Bonchev–Trinajstić information content (AvgIpc) is 2.59. The Bertz CT molecular complexity index is 754. The number of benzene rings is 2. The Morgan fingerprint density at radius 2 is 1.72 bits per heavy atom. The van der Waals surface area contributed by atoms with Crippen LogP contribution >= 0.6 is 0 Å². The van der Waals surface area contributed by atoms with Crippen molar-refractivity contribution in [2.75, 3.05) is 17.7 Å². The van der Waals surface area contributed by atoms with Crippen molar-refractivity contribution in [1.29, 1.82) is 0 Å². The van der Waals surface area contributed by atoms with Gasteiger partial charge in [-0.3, -0.25) is 9.59 Å². The molecule has 2 aromatic rings. The highest BCUT2D eigenvalue weighted by atomic mass is 16.2. The second-order valence-corrected chi connectivity index (χ2v) is 6.22. The summed E-state index contributed by atoms with van der Waals surface area (Å²) < 4.78 is 0. The number of hydrogen-bond acceptors (Lipinski definition) is 3. The van der Waals surface area contributed by atoms with E-state index in [-0.39, 0.29) is 17.9 Å². The van der Waals surface area contributed by atoms with Crippen molar-refractivity contribution in [1.82, 2.24) is 5.32 Å². The molecule has 0 radical (unpaired) electrons. The van der Waals surface area contributed by atoms with Crippen molar-refractivity contribution in [2.24, 2.45) is 0 Å². The maximum Gasteiger partial charge on any atom is 0.246 e. The molecule has 0 bridgehead atoms. The lowest BCUT2D eigenvalue weighted by Gasteiger charge is -2.17. The van der Waals surface area contributed by atoms with Gasteiger partial charge in [-0.1, -0.05) is 24.3 Å². The van der Waals surface area contributed by atoms with Crippen LogP contribution in [0.25, 0.3) is 0 Å². The lowest BCUT2D eigenvalue weighted by molar-refractivity contribution is -0.120. The minimum atomic E-state index is -0.385. The Hall–Kier alpha value is -2.82. The van der Waals surface area contributed by atoms with E-state index in [0.717, 1.165) is 28.1 Å². The summed E-state index contributed by atoms with van der Waals surface area (Å²) in [6.45, 7) is 5.79. The smallest absolute Gasteiger partial charge is 0.246 e. The molecule has 0 fully saturated rings. The summed E-state index contributed by atoms with van der Waals surface area (Å²) in [4.78, 5) is 23.8. The highest BCUT2D eigenvalue weighted by Gasteiger charge is 2.14. The van der Waals surface area contributed by atoms with Crippen LogP contribution in [-0.2, 0) is 16.0 Å². The molecule has 5 nitrogen and oxygen atoms in total. The minimum Gasteiger partial charge on any atom is -0.374 e. The molecule has 0 aliphatic carbocycles. The number of rotatable bonds is 6. The van der Waals surface area contributed by atoms with Crippen LogP contribution in [0.2, 0.25) is 0 Å². The van der Waals surface area contributed by atoms with Crippen LogP contribution in [0.4, 0.5) is 11.4 Å². The summed E-state index contributed by atoms with van der Waals surface area (Å²) in [7, 11) is 1.62. The zero-order valence-electron chi connectivity index (χ0n) is 15.1. The maximum absolute atomic E-state index is 12.4. The first-order valence-electron chi connectivity index (χ1n) is 8.33. The molecule has 0 aliphatic heterocycles. The molecule has 0 spiro atoms. The molecule has 25 heavy (non-hydrogen) atoms. The quantitative estimate of drug-likeness (QED) is 0.758. The van der Waals surface area contributed by atoms with Gasteiger partial charge in [-0.05, 0) is 55.7 Å². The molecular weight excluding hydrogens is 314 g/mol. The highest BCUT2D eigenvalue weighted by molar-refractivity contribution is 5.96. The van der Waals surface area contributed by atoms with Crippen molar-refractivity contribution in [3.05, 3.63) is 59.2 Å². The van der Waals surface area contributed by atoms with Gasteiger partial charge >= 0.3 is 0 Å². The van der Waals surface area contributed by atoms with Gasteiger partial charge in [-0.2, -0.15) is 0 Å². The third kappa shape index (κ3) is 5.35. The topological polar surface area (TPSA) is 70.2 Å². The van der Waals surface area contributed by atoms with Crippen LogP contribution in [0.15, 0.2) is 42.5 Å². The fourth-order valence-electron chi connectivity index (χ4n) is 2.42. The molecule has 5 heteroatoms. The molecule has 0 saturated carbocycles. The lowest BCUT2D eigenvalue weighted by atomic mass is 10.1. The van der Waals surface area contributed by atoms with Gasteiger partial charge in [0.1, 0.15) is 6.04 Å². The molecule has 3 N–H and O–H groups in total. The van der Waals surface area contributed by atoms with Gasteiger partial charge in [-0.15, -0.1) is 0 Å². The van der Waals surface area contributed by atoms with Gasteiger partial charge in [0, 0.05) is 18.4 Å². The minimum absolute atomic E-state index is 0.0259. The summed E-state index contributed by atoms with van der Waals surface area (Å²) in [6, 6.07) is 13.1. The van der Waals surface area contributed by atoms with E-state index in [0.29, 0.717) is 6.42 Å². The number of amides is 2. The predicted molar refractivity (Wildman–Crippen MR) is 102 cm³/mol. The van der Waals surface area contributed by atoms with Gasteiger partial charge in [0.15, 0.2) is 0 Å². The first-order chi connectivity index (χ1) is 11.9. The van der Waals surface area contributed by atoms with Gasteiger partial charge < -0.3 is 16.0 Å². The monoisotopic (exact) mass is 339 g/mol. The Kier molecular flexibility index (Phi) is 6.17. The number of carbonyl (C=O) groups excluding carboxylic acids is 2. The summed E-state index contributed by atoms with van der Waals surface area (Å²) in [5, 5.41) is 8.74. The summed E-state index contributed by atoms with van der Waals surface area (Å²) in [6.07, 6.45) is 0.347. The molecule has 2 aromatic carbocycles. The Balaban J connectivity index is 1.96. The molecule has 2 amide bonds. The molecule has 1 atom stereocenters. The third-order valence-corrected chi connectivity index (χ3v) is 4.02. The Morgan fingerprint density at radius 1 is 1.04 bits per heavy atom. The third-order valence-electron chi connectivity index (χ3n) is 4.02. The molecular formula is C20H25N3O2. The van der Waals surface area contributed by atoms with Crippen LogP contribution in [-0.4, -0.2) is 24.9 Å². The van der Waals surface area contributed by atoms with E-state index in [1.54, 1.807) is 7.05 Å². The van der Waals surface area contributed by atoms with Crippen LogP contribution in [0.3, 0.4) is 0 Å². The Labute approximate surface area is 148 Å². The van der Waals surface area contributed by atoms with Gasteiger partial charge in [0.25, 0.3) is 0 Å².